The number of aromatic nitrogens is 2. The minimum Gasteiger partial charge on any atom is -0.497 e. The molecule has 1 saturated heterocycles. The predicted molar refractivity (Wildman–Crippen MR) is 105 cm³/mol. The van der Waals surface area contributed by atoms with Gasteiger partial charge in [0.15, 0.2) is 12.4 Å². The molecule has 0 radical (unpaired) electrons. The van der Waals surface area contributed by atoms with Crippen molar-refractivity contribution in [3.8, 4) is 11.5 Å². The number of amides is 1. The summed E-state index contributed by atoms with van der Waals surface area (Å²) in [6, 6.07) is 9.03. The van der Waals surface area contributed by atoms with Crippen molar-refractivity contribution in [2.24, 2.45) is 0 Å². The third kappa shape index (κ3) is 5.98. The fourth-order valence-electron chi connectivity index (χ4n) is 2.70. The SMILES string of the molecule is COc1ccc(OCC(=O)NCCNc2cc(N3CCOCC3)cnn2)cc1. The molecule has 2 N–H and O–H groups in total. The Morgan fingerprint density at radius 2 is 1.93 bits per heavy atom. The van der Waals surface area contributed by atoms with E-state index in [2.05, 4.69) is 25.7 Å². The molecule has 0 unspecified atom stereocenters. The maximum atomic E-state index is 11.9. The van der Waals surface area contributed by atoms with Crippen LogP contribution in [0, 0.1) is 0 Å². The van der Waals surface area contributed by atoms with Gasteiger partial charge >= 0.3 is 0 Å². The maximum Gasteiger partial charge on any atom is 0.258 e. The number of rotatable bonds is 9. The summed E-state index contributed by atoms with van der Waals surface area (Å²) in [7, 11) is 1.60. The average Bonchev–Trinajstić information content (AvgIpc) is 2.76. The number of nitrogens with zero attached hydrogens (tertiary/aromatic N) is 3. The summed E-state index contributed by atoms with van der Waals surface area (Å²) >= 11 is 0. The first kappa shape index (κ1) is 19.7. The molecule has 0 saturated carbocycles. The lowest BCUT2D eigenvalue weighted by molar-refractivity contribution is -0.123. The molecule has 1 aromatic carbocycles. The highest BCUT2D eigenvalue weighted by atomic mass is 16.5. The molecule has 1 aliphatic rings. The number of ether oxygens (including phenoxy) is 3. The van der Waals surface area contributed by atoms with Crippen LogP contribution < -0.4 is 25.0 Å². The molecule has 0 spiro atoms. The van der Waals surface area contributed by atoms with Crippen molar-refractivity contribution in [2.75, 3.05) is 63.3 Å². The highest BCUT2D eigenvalue weighted by Gasteiger charge is 2.12. The molecule has 1 aliphatic heterocycles. The molecule has 9 heteroatoms. The molecular formula is C19H25N5O4. The van der Waals surface area contributed by atoms with E-state index in [9.17, 15) is 4.79 Å². The summed E-state index contributed by atoms with van der Waals surface area (Å²) in [5, 5.41) is 14.1. The molecule has 28 heavy (non-hydrogen) atoms. The Morgan fingerprint density at radius 1 is 1.18 bits per heavy atom. The van der Waals surface area contributed by atoms with Crippen LogP contribution in [-0.4, -0.2) is 69.2 Å². The maximum absolute atomic E-state index is 11.9. The van der Waals surface area contributed by atoms with Gasteiger partial charge < -0.3 is 29.7 Å². The van der Waals surface area contributed by atoms with Crippen LogP contribution in [0.5, 0.6) is 11.5 Å². The molecule has 0 aliphatic carbocycles. The first-order valence-corrected chi connectivity index (χ1v) is 9.17. The lowest BCUT2D eigenvalue weighted by atomic mass is 10.3. The Kier molecular flexibility index (Phi) is 7.25. The monoisotopic (exact) mass is 387 g/mol. The summed E-state index contributed by atoms with van der Waals surface area (Å²) in [6.07, 6.45) is 1.74. The van der Waals surface area contributed by atoms with Crippen molar-refractivity contribution in [1.82, 2.24) is 15.5 Å². The number of hydrogen-bond acceptors (Lipinski definition) is 8. The number of methoxy groups -OCH3 is 1. The smallest absolute Gasteiger partial charge is 0.258 e. The Morgan fingerprint density at radius 3 is 2.68 bits per heavy atom. The van der Waals surface area contributed by atoms with Crippen molar-refractivity contribution < 1.29 is 19.0 Å². The quantitative estimate of drug-likeness (QED) is 0.614. The number of nitrogens with one attached hydrogen (secondary N) is 2. The molecule has 1 fully saturated rings. The highest BCUT2D eigenvalue weighted by molar-refractivity contribution is 5.77. The van der Waals surface area contributed by atoms with Gasteiger partial charge in [0.2, 0.25) is 0 Å². The fraction of sp³-hybridized carbons (Fsp3) is 0.421. The van der Waals surface area contributed by atoms with E-state index in [1.807, 2.05) is 6.07 Å². The van der Waals surface area contributed by atoms with Crippen LogP contribution in [0.3, 0.4) is 0 Å². The van der Waals surface area contributed by atoms with Gasteiger partial charge in [0.05, 0.1) is 32.2 Å². The Labute approximate surface area is 164 Å². The van der Waals surface area contributed by atoms with Gasteiger partial charge in [-0.15, -0.1) is 5.10 Å². The summed E-state index contributed by atoms with van der Waals surface area (Å²) in [5.41, 5.74) is 1.01. The van der Waals surface area contributed by atoms with Crippen LogP contribution in [0.4, 0.5) is 11.5 Å². The third-order valence-electron chi connectivity index (χ3n) is 4.20. The zero-order valence-corrected chi connectivity index (χ0v) is 15.9. The van der Waals surface area contributed by atoms with Crippen molar-refractivity contribution in [3.63, 3.8) is 0 Å². The number of morpholine rings is 1. The molecule has 150 valence electrons. The normalized spacial score (nSPS) is 13.7. The molecule has 3 rings (SSSR count). The highest BCUT2D eigenvalue weighted by Crippen LogP contribution is 2.17. The van der Waals surface area contributed by atoms with E-state index in [4.69, 9.17) is 14.2 Å². The lowest BCUT2D eigenvalue weighted by Gasteiger charge is -2.28. The minimum absolute atomic E-state index is 0.0430. The topological polar surface area (TPSA) is 97.8 Å². The second kappa shape index (κ2) is 10.3. The van der Waals surface area contributed by atoms with Gasteiger partial charge in [0.1, 0.15) is 11.5 Å². The van der Waals surface area contributed by atoms with E-state index in [0.717, 1.165) is 37.7 Å². The van der Waals surface area contributed by atoms with Crippen molar-refractivity contribution in [2.45, 2.75) is 0 Å². The number of carbonyl (C=O) groups excluding carboxylic acids is 1. The van der Waals surface area contributed by atoms with Gasteiger partial charge in [-0.1, -0.05) is 0 Å². The summed E-state index contributed by atoms with van der Waals surface area (Å²) in [6.45, 7) is 4.07. The molecular weight excluding hydrogens is 362 g/mol. The standard InChI is InChI=1S/C19H25N5O4/c1-26-16-2-4-17(5-3-16)28-14-19(25)21-7-6-20-18-12-15(13-22-23-18)24-8-10-27-11-9-24/h2-5,12-13H,6-11,14H2,1H3,(H,20,23)(H,21,25). The van der Waals surface area contributed by atoms with Crippen LogP contribution >= 0.6 is 0 Å². The lowest BCUT2D eigenvalue weighted by Crippen LogP contribution is -2.36. The molecule has 0 atom stereocenters. The Balaban J connectivity index is 1.35. The number of benzene rings is 1. The summed E-state index contributed by atoms with van der Waals surface area (Å²) < 4.78 is 15.9. The van der Waals surface area contributed by atoms with E-state index in [1.165, 1.54) is 0 Å². The number of carbonyl (C=O) groups is 1. The second-order valence-electron chi connectivity index (χ2n) is 6.14. The minimum atomic E-state index is -0.189. The van der Waals surface area contributed by atoms with Gasteiger partial charge in [-0.25, -0.2) is 0 Å². The van der Waals surface area contributed by atoms with Gasteiger partial charge in [0, 0.05) is 32.2 Å². The van der Waals surface area contributed by atoms with Crippen LogP contribution in [0.25, 0.3) is 0 Å². The number of anilines is 2. The summed E-state index contributed by atoms with van der Waals surface area (Å²) in [4.78, 5) is 14.1. The molecule has 2 aromatic rings. The van der Waals surface area contributed by atoms with Gasteiger partial charge in [0.25, 0.3) is 5.91 Å². The zero-order chi connectivity index (χ0) is 19.6. The van der Waals surface area contributed by atoms with Crippen LogP contribution in [0.2, 0.25) is 0 Å². The van der Waals surface area contributed by atoms with E-state index in [0.29, 0.717) is 24.7 Å². The largest absolute Gasteiger partial charge is 0.497 e. The second-order valence-corrected chi connectivity index (χ2v) is 6.14. The molecule has 0 bridgehead atoms. The van der Waals surface area contributed by atoms with Crippen molar-refractivity contribution in [3.05, 3.63) is 36.5 Å². The summed E-state index contributed by atoms with van der Waals surface area (Å²) in [5.74, 6) is 1.84. The molecule has 1 aromatic heterocycles. The first-order chi connectivity index (χ1) is 13.7. The molecule has 9 nitrogen and oxygen atoms in total. The van der Waals surface area contributed by atoms with Crippen LogP contribution in [-0.2, 0) is 9.53 Å². The zero-order valence-electron chi connectivity index (χ0n) is 15.9. The van der Waals surface area contributed by atoms with Crippen molar-refractivity contribution in [1.29, 1.82) is 0 Å². The average molecular weight is 387 g/mol. The fourth-order valence-corrected chi connectivity index (χ4v) is 2.70. The van der Waals surface area contributed by atoms with E-state index in [-0.39, 0.29) is 12.5 Å². The molecule has 2 heterocycles. The molecule has 1 amide bonds. The Hall–Kier alpha value is -3.07. The van der Waals surface area contributed by atoms with Gasteiger partial charge in [-0.05, 0) is 24.3 Å². The number of hydrogen-bond donors (Lipinski definition) is 2. The Bertz CT molecular complexity index is 750. The van der Waals surface area contributed by atoms with E-state index in [1.54, 1.807) is 37.6 Å². The van der Waals surface area contributed by atoms with E-state index < -0.39 is 0 Å². The van der Waals surface area contributed by atoms with E-state index >= 15 is 0 Å². The predicted octanol–water partition coefficient (Wildman–Crippen LogP) is 0.929. The van der Waals surface area contributed by atoms with Crippen molar-refractivity contribution >= 4 is 17.4 Å². The van der Waals surface area contributed by atoms with Crippen LogP contribution in [0.1, 0.15) is 0 Å². The third-order valence-corrected chi connectivity index (χ3v) is 4.20. The first-order valence-electron chi connectivity index (χ1n) is 9.17. The van der Waals surface area contributed by atoms with Gasteiger partial charge in [-0.3, -0.25) is 4.79 Å². The van der Waals surface area contributed by atoms with Crippen LogP contribution in [0.15, 0.2) is 36.5 Å². The van der Waals surface area contributed by atoms with Gasteiger partial charge in [-0.2, -0.15) is 5.10 Å².